The molecule has 0 N–H and O–H groups in total. The van der Waals surface area contributed by atoms with Crippen molar-refractivity contribution in [1.29, 1.82) is 0 Å². The first-order valence-corrected chi connectivity index (χ1v) is 7.74. The number of carbonyl (C=O) groups excluding carboxylic acids is 1. The van der Waals surface area contributed by atoms with E-state index in [0.717, 1.165) is 27.1 Å². The Labute approximate surface area is 124 Å². The second kappa shape index (κ2) is 4.76. The molecule has 0 bridgehead atoms. The lowest BCUT2D eigenvalue weighted by molar-refractivity contribution is 0.103. The lowest BCUT2D eigenvalue weighted by Crippen LogP contribution is -2.02. The molecule has 1 aromatic carbocycles. The van der Waals surface area contributed by atoms with Crippen LogP contribution >= 0.6 is 27.3 Å². The van der Waals surface area contributed by atoms with E-state index in [9.17, 15) is 4.79 Å². The third-order valence-corrected chi connectivity index (χ3v) is 4.99. The maximum Gasteiger partial charge on any atom is 0.206 e. The lowest BCUT2D eigenvalue weighted by Gasteiger charge is -2.07. The van der Waals surface area contributed by atoms with Gasteiger partial charge in [-0.25, -0.2) is 0 Å². The minimum absolute atomic E-state index is 0.0562. The van der Waals surface area contributed by atoms with Crippen molar-refractivity contribution < 1.29 is 9.53 Å². The van der Waals surface area contributed by atoms with Crippen LogP contribution in [0.15, 0.2) is 22.7 Å². The number of carbonyl (C=O) groups is 1. The van der Waals surface area contributed by atoms with Crippen LogP contribution in [0, 0.1) is 13.8 Å². The SMILES string of the molecule is Cc1cc(C(=O)c2cc(Br)cc3c2OCC3)sc1C. The smallest absolute Gasteiger partial charge is 0.206 e. The highest BCUT2D eigenvalue weighted by atomic mass is 79.9. The van der Waals surface area contributed by atoms with Gasteiger partial charge in [0.15, 0.2) is 0 Å². The Morgan fingerprint density at radius 1 is 1.32 bits per heavy atom. The van der Waals surface area contributed by atoms with Gasteiger partial charge in [-0.2, -0.15) is 0 Å². The quantitative estimate of drug-likeness (QED) is 0.764. The molecule has 0 saturated carbocycles. The summed E-state index contributed by atoms with van der Waals surface area (Å²) >= 11 is 5.02. The zero-order chi connectivity index (χ0) is 13.6. The van der Waals surface area contributed by atoms with E-state index in [1.807, 2.05) is 32.0 Å². The minimum atomic E-state index is 0.0562. The van der Waals surface area contributed by atoms with Gasteiger partial charge < -0.3 is 4.74 Å². The maximum absolute atomic E-state index is 12.6. The Kier molecular flexibility index (Phi) is 3.23. The van der Waals surface area contributed by atoms with E-state index < -0.39 is 0 Å². The molecular formula is C15H13BrO2S. The molecule has 2 nitrogen and oxygen atoms in total. The zero-order valence-corrected chi connectivity index (χ0v) is 13.2. The maximum atomic E-state index is 12.6. The Bertz CT molecular complexity index is 654. The van der Waals surface area contributed by atoms with Crippen molar-refractivity contribution in [1.82, 2.24) is 0 Å². The van der Waals surface area contributed by atoms with Crippen molar-refractivity contribution in [2.75, 3.05) is 6.61 Å². The van der Waals surface area contributed by atoms with Crippen molar-refractivity contribution in [3.8, 4) is 5.75 Å². The molecule has 0 fully saturated rings. The van der Waals surface area contributed by atoms with E-state index in [0.29, 0.717) is 12.2 Å². The van der Waals surface area contributed by atoms with Gasteiger partial charge in [0.05, 0.1) is 17.0 Å². The number of ether oxygens (including phenoxy) is 1. The summed E-state index contributed by atoms with van der Waals surface area (Å²) in [5.74, 6) is 0.817. The van der Waals surface area contributed by atoms with Gasteiger partial charge in [0.25, 0.3) is 0 Å². The van der Waals surface area contributed by atoms with Gasteiger partial charge in [0.1, 0.15) is 5.75 Å². The Morgan fingerprint density at radius 3 is 2.79 bits per heavy atom. The standard InChI is InChI=1S/C15H13BrO2S/c1-8-5-13(19-9(8)2)14(17)12-7-11(16)6-10-3-4-18-15(10)12/h5-7H,3-4H2,1-2H3. The molecule has 0 saturated heterocycles. The minimum Gasteiger partial charge on any atom is -0.492 e. The zero-order valence-electron chi connectivity index (χ0n) is 10.7. The molecule has 98 valence electrons. The number of aryl methyl sites for hydroxylation is 2. The first kappa shape index (κ1) is 12.9. The largest absolute Gasteiger partial charge is 0.492 e. The van der Waals surface area contributed by atoms with Gasteiger partial charge in [-0.1, -0.05) is 15.9 Å². The van der Waals surface area contributed by atoms with Crippen LogP contribution in [0.3, 0.4) is 0 Å². The third kappa shape index (κ3) is 2.23. The van der Waals surface area contributed by atoms with Gasteiger partial charge in [0.2, 0.25) is 5.78 Å². The van der Waals surface area contributed by atoms with Gasteiger partial charge in [0, 0.05) is 15.8 Å². The second-order valence-corrected chi connectivity index (χ2v) is 6.89. The number of halogens is 1. The lowest BCUT2D eigenvalue weighted by atomic mass is 10.0. The van der Waals surface area contributed by atoms with Crippen molar-refractivity contribution in [3.63, 3.8) is 0 Å². The summed E-state index contributed by atoms with van der Waals surface area (Å²) in [4.78, 5) is 14.6. The Hall–Kier alpha value is -1.13. The summed E-state index contributed by atoms with van der Waals surface area (Å²) < 4.78 is 6.56. The third-order valence-electron chi connectivity index (χ3n) is 3.38. The molecule has 0 aliphatic carbocycles. The van der Waals surface area contributed by atoms with Crippen molar-refractivity contribution in [2.24, 2.45) is 0 Å². The van der Waals surface area contributed by atoms with Crippen LogP contribution in [0.5, 0.6) is 5.75 Å². The first-order valence-electron chi connectivity index (χ1n) is 6.13. The average molecular weight is 337 g/mol. The summed E-state index contributed by atoms with van der Waals surface area (Å²) in [5, 5.41) is 0. The molecule has 1 aliphatic heterocycles. The molecule has 0 unspecified atom stereocenters. The van der Waals surface area contributed by atoms with E-state index in [2.05, 4.69) is 15.9 Å². The predicted molar refractivity (Wildman–Crippen MR) is 80.6 cm³/mol. The molecule has 4 heteroatoms. The van der Waals surface area contributed by atoms with Gasteiger partial charge in [-0.05, 0) is 43.2 Å². The topological polar surface area (TPSA) is 26.3 Å². The van der Waals surface area contributed by atoms with Crippen molar-refractivity contribution in [3.05, 3.63) is 49.1 Å². The fourth-order valence-corrected chi connectivity index (χ4v) is 3.75. The highest BCUT2D eigenvalue weighted by Gasteiger charge is 2.23. The number of fused-ring (bicyclic) bond motifs is 1. The summed E-state index contributed by atoms with van der Waals surface area (Å²) in [5.41, 5.74) is 2.95. The molecule has 0 atom stereocenters. The van der Waals surface area contributed by atoms with Gasteiger partial charge >= 0.3 is 0 Å². The molecule has 19 heavy (non-hydrogen) atoms. The van der Waals surface area contributed by atoms with Crippen LogP contribution in [-0.4, -0.2) is 12.4 Å². The summed E-state index contributed by atoms with van der Waals surface area (Å²) in [7, 11) is 0. The van der Waals surface area contributed by atoms with Gasteiger partial charge in [-0.15, -0.1) is 11.3 Å². The first-order chi connectivity index (χ1) is 9.06. The van der Waals surface area contributed by atoms with Crippen LogP contribution in [0.25, 0.3) is 0 Å². The second-order valence-electron chi connectivity index (χ2n) is 4.72. The number of hydrogen-bond donors (Lipinski definition) is 0. The number of hydrogen-bond acceptors (Lipinski definition) is 3. The fraction of sp³-hybridized carbons (Fsp3) is 0.267. The molecule has 2 heterocycles. The molecule has 1 aliphatic rings. The van der Waals surface area contributed by atoms with Crippen LogP contribution in [0.4, 0.5) is 0 Å². The summed E-state index contributed by atoms with van der Waals surface area (Å²) in [6.07, 6.45) is 0.873. The number of rotatable bonds is 2. The van der Waals surface area contributed by atoms with E-state index >= 15 is 0 Å². The van der Waals surface area contributed by atoms with Crippen LogP contribution in [-0.2, 0) is 6.42 Å². The van der Waals surface area contributed by atoms with Crippen molar-refractivity contribution in [2.45, 2.75) is 20.3 Å². The highest BCUT2D eigenvalue weighted by molar-refractivity contribution is 9.10. The van der Waals surface area contributed by atoms with Crippen LogP contribution in [0.2, 0.25) is 0 Å². The summed E-state index contributed by atoms with van der Waals surface area (Å²) in [6, 6.07) is 5.85. The normalized spacial score (nSPS) is 13.2. The van der Waals surface area contributed by atoms with E-state index in [1.54, 1.807) is 11.3 Å². The average Bonchev–Trinajstić information content (AvgIpc) is 2.95. The molecular weight excluding hydrogens is 324 g/mol. The number of thiophene rings is 1. The Morgan fingerprint density at radius 2 is 2.11 bits per heavy atom. The monoisotopic (exact) mass is 336 g/mol. The molecule has 0 radical (unpaired) electrons. The van der Waals surface area contributed by atoms with E-state index in [1.165, 1.54) is 10.4 Å². The molecule has 3 rings (SSSR count). The molecule has 2 aromatic rings. The number of benzene rings is 1. The van der Waals surface area contributed by atoms with Gasteiger partial charge in [-0.3, -0.25) is 4.79 Å². The van der Waals surface area contributed by atoms with E-state index in [4.69, 9.17) is 4.74 Å². The Balaban J connectivity index is 2.09. The summed E-state index contributed by atoms with van der Waals surface area (Å²) in [6.45, 7) is 4.73. The predicted octanol–water partition coefficient (Wildman–Crippen LogP) is 4.29. The fourth-order valence-electron chi connectivity index (χ4n) is 2.26. The molecule has 0 amide bonds. The molecule has 1 aromatic heterocycles. The number of ketones is 1. The van der Waals surface area contributed by atoms with Crippen molar-refractivity contribution >= 4 is 33.0 Å². The molecule has 0 spiro atoms. The van der Waals surface area contributed by atoms with Crippen LogP contribution in [0.1, 0.15) is 31.2 Å². The van der Waals surface area contributed by atoms with Crippen LogP contribution < -0.4 is 4.74 Å². The highest BCUT2D eigenvalue weighted by Crippen LogP contribution is 2.35. The van der Waals surface area contributed by atoms with E-state index in [-0.39, 0.29) is 5.78 Å².